The highest BCUT2D eigenvalue weighted by Gasteiger charge is 2.34. The third-order valence-corrected chi connectivity index (χ3v) is 8.77. The van der Waals surface area contributed by atoms with Gasteiger partial charge in [0.1, 0.15) is 0 Å². The van der Waals surface area contributed by atoms with Gasteiger partial charge in [-0.25, -0.2) is 0 Å². The fourth-order valence-electron chi connectivity index (χ4n) is 4.88. The smallest absolute Gasteiger partial charge is 0.261 e. The molecule has 0 aliphatic rings. The van der Waals surface area contributed by atoms with Crippen LogP contribution in [0.4, 0.5) is 0 Å². The van der Waals surface area contributed by atoms with Gasteiger partial charge in [-0.2, -0.15) is 0 Å². The third-order valence-electron chi connectivity index (χ3n) is 6.13. The summed E-state index contributed by atoms with van der Waals surface area (Å²) in [6, 6.07) is 32.7. The van der Waals surface area contributed by atoms with Crippen molar-refractivity contribution in [2.45, 2.75) is 33.6 Å². The molecule has 0 spiro atoms. The molecule has 0 heterocycles. The maximum absolute atomic E-state index is 14.6. The van der Waals surface area contributed by atoms with Crippen LogP contribution in [0, 0.1) is 20.8 Å². The number of hydrogen-bond donors (Lipinski definition) is 0. The van der Waals surface area contributed by atoms with E-state index in [0.29, 0.717) is 6.61 Å². The van der Waals surface area contributed by atoms with Crippen molar-refractivity contribution in [2.75, 3.05) is 6.61 Å². The molecule has 3 heteroatoms. The van der Waals surface area contributed by atoms with Crippen LogP contribution in [0.5, 0.6) is 0 Å². The number of aryl methyl sites for hydroxylation is 3. The van der Waals surface area contributed by atoms with E-state index in [0.717, 1.165) is 16.2 Å². The molecular weight excluding hydrogens is 423 g/mol. The zero-order valence-electron chi connectivity index (χ0n) is 19.8. The molecule has 168 valence electrons. The van der Waals surface area contributed by atoms with Gasteiger partial charge in [-0.05, 0) is 73.7 Å². The molecule has 4 aromatic carbocycles. The van der Waals surface area contributed by atoms with Crippen molar-refractivity contribution in [3.05, 3.63) is 130 Å². The number of hydrogen-bond acceptors (Lipinski definition) is 2. The van der Waals surface area contributed by atoms with Crippen LogP contribution in [0.3, 0.4) is 0 Å². The van der Waals surface area contributed by atoms with Gasteiger partial charge >= 0.3 is 0 Å². The van der Waals surface area contributed by atoms with Crippen LogP contribution < -0.4 is 10.6 Å². The highest BCUT2D eigenvalue weighted by Crippen LogP contribution is 2.48. The summed E-state index contributed by atoms with van der Waals surface area (Å²) in [7, 11) is -3.30. The topological polar surface area (TPSA) is 26.3 Å². The van der Waals surface area contributed by atoms with Crippen molar-refractivity contribution in [2.24, 2.45) is 0 Å². The second-order valence-electron chi connectivity index (χ2n) is 8.52. The largest absolute Gasteiger partial charge is 0.322 e. The summed E-state index contributed by atoms with van der Waals surface area (Å²) < 4.78 is 20.7. The number of benzene rings is 4. The van der Waals surface area contributed by atoms with Gasteiger partial charge in [0.05, 0.1) is 6.61 Å². The van der Waals surface area contributed by atoms with E-state index in [2.05, 4.69) is 63.2 Å². The van der Waals surface area contributed by atoms with E-state index in [1.807, 2.05) is 61.5 Å². The van der Waals surface area contributed by atoms with E-state index < -0.39 is 7.37 Å². The van der Waals surface area contributed by atoms with Crippen molar-refractivity contribution in [1.82, 2.24) is 0 Å². The summed E-state index contributed by atoms with van der Waals surface area (Å²) in [4.78, 5) is 0. The third kappa shape index (κ3) is 4.60. The van der Waals surface area contributed by atoms with E-state index in [-0.39, 0.29) is 5.92 Å². The van der Waals surface area contributed by atoms with Gasteiger partial charge in [0.25, 0.3) is 7.37 Å². The summed E-state index contributed by atoms with van der Waals surface area (Å²) in [6.45, 7) is 8.76. The van der Waals surface area contributed by atoms with E-state index in [9.17, 15) is 4.57 Å². The Labute approximate surface area is 197 Å². The Morgan fingerprint density at radius 2 is 1.30 bits per heavy atom. The van der Waals surface area contributed by atoms with E-state index in [1.165, 1.54) is 27.8 Å². The van der Waals surface area contributed by atoms with Gasteiger partial charge in [-0.15, -0.1) is 0 Å². The molecule has 0 radical (unpaired) electrons. The van der Waals surface area contributed by atoms with Crippen LogP contribution in [-0.2, 0) is 9.09 Å². The summed E-state index contributed by atoms with van der Waals surface area (Å²) in [5.74, 6) is -0.0551. The minimum Gasteiger partial charge on any atom is -0.322 e. The Balaban J connectivity index is 2.03. The van der Waals surface area contributed by atoms with E-state index in [1.54, 1.807) is 0 Å². The van der Waals surface area contributed by atoms with Gasteiger partial charge in [0.2, 0.25) is 0 Å². The van der Waals surface area contributed by atoms with Crippen LogP contribution in [0.1, 0.15) is 46.2 Å². The van der Waals surface area contributed by atoms with Crippen molar-refractivity contribution in [3.63, 3.8) is 0 Å². The van der Waals surface area contributed by atoms with Crippen LogP contribution in [0.2, 0.25) is 0 Å². The zero-order chi connectivity index (χ0) is 23.4. The van der Waals surface area contributed by atoms with Gasteiger partial charge in [-0.3, -0.25) is 4.57 Å². The molecule has 4 aromatic rings. The Morgan fingerprint density at radius 1 is 0.758 bits per heavy atom. The zero-order valence-corrected chi connectivity index (χ0v) is 20.7. The van der Waals surface area contributed by atoms with E-state index >= 15 is 0 Å². The van der Waals surface area contributed by atoms with E-state index in [4.69, 9.17) is 4.52 Å². The first-order chi connectivity index (χ1) is 16.0. The molecule has 2 atom stereocenters. The second kappa shape index (κ2) is 9.91. The van der Waals surface area contributed by atoms with Crippen LogP contribution in [0.15, 0.2) is 97.1 Å². The fraction of sp³-hybridized carbons (Fsp3) is 0.200. The van der Waals surface area contributed by atoms with Gasteiger partial charge < -0.3 is 4.52 Å². The SMILES string of the molecule is CCOP(=O)(c1ccccc1)c1ccccc1C(c1ccccc1)c1c(C)cc(C)cc1C. The minimum absolute atomic E-state index is 0.0551. The quantitative estimate of drug-likeness (QED) is 0.221. The maximum Gasteiger partial charge on any atom is 0.261 e. The molecule has 0 aromatic heterocycles. The predicted octanol–water partition coefficient (Wildman–Crippen LogP) is 7.06. The average Bonchev–Trinajstić information content (AvgIpc) is 2.82. The lowest BCUT2D eigenvalue weighted by Crippen LogP contribution is -2.24. The Morgan fingerprint density at radius 3 is 1.91 bits per heavy atom. The Bertz CT molecular complexity index is 1260. The molecule has 0 N–H and O–H groups in total. The van der Waals surface area contributed by atoms with Crippen molar-refractivity contribution in [3.8, 4) is 0 Å². The minimum atomic E-state index is -3.30. The molecule has 33 heavy (non-hydrogen) atoms. The lowest BCUT2D eigenvalue weighted by Gasteiger charge is -2.28. The van der Waals surface area contributed by atoms with Crippen LogP contribution in [0.25, 0.3) is 0 Å². The highest BCUT2D eigenvalue weighted by atomic mass is 31.2. The standard InChI is InChI=1S/C30H31O2P/c1-5-32-33(31,26-16-10-7-11-17-26)28-19-13-12-18-27(28)30(25-14-8-6-9-15-25)29-23(3)20-22(2)21-24(29)4/h6-21,30H,5H2,1-4H3. The molecule has 0 aliphatic carbocycles. The molecule has 0 amide bonds. The van der Waals surface area contributed by atoms with Crippen LogP contribution >= 0.6 is 7.37 Å². The first kappa shape index (κ1) is 23.2. The Kier molecular flexibility index (Phi) is 6.98. The molecule has 2 nitrogen and oxygen atoms in total. The summed E-state index contributed by atoms with van der Waals surface area (Å²) in [5, 5.41) is 1.50. The van der Waals surface area contributed by atoms with Crippen molar-refractivity contribution in [1.29, 1.82) is 0 Å². The maximum atomic E-state index is 14.6. The average molecular weight is 455 g/mol. The summed E-state index contributed by atoms with van der Waals surface area (Å²) >= 11 is 0. The van der Waals surface area contributed by atoms with Gasteiger partial charge in [0.15, 0.2) is 0 Å². The predicted molar refractivity (Wildman–Crippen MR) is 139 cm³/mol. The molecule has 4 rings (SSSR count). The second-order valence-corrected chi connectivity index (χ2v) is 10.9. The molecule has 2 unspecified atom stereocenters. The molecule has 0 saturated heterocycles. The molecular formula is C30H31O2P. The summed E-state index contributed by atoms with van der Waals surface area (Å²) in [5.41, 5.74) is 7.19. The monoisotopic (exact) mass is 454 g/mol. The number of rotatable bonds is 7. The van der Waals surface area contributed by atoms with Gasteiger partial charge in [0, 0.05) is 16.5 Å². The van der Waals surface area contributed by atoms with Gasteiger partial charge in [-0.1, -0.05) is 84.4 Å². The Hall–Kier alpha value is -2.93. The van der Waals surface area contributed by atoms with Crippen molar-refractivity contribution >= 4 is 18.0 Å². The normalized spacial score (nSPS) is 13.9. The van der Waals surface area contributed by atoms with Crippen molar-refractivity contribution < 1.29 is 9.09 Å². The summed E-state index contributed by atoms with van der Waals surface area (Å²) in [6.07, 6.45) is 0. The lowest BCUT2D eigenvalue weighted by molar-refractivity contribution is 0.348. The lowest BCUT2D eigenvalue weighted by atomic mass is 9.80. The van der Waals surface area contributed by atoms with Crippen LogP contribution in [-0.4, -0.2) is 6.61 Å². The molecule has 0 fully saturated rings. The molecule has 0 bridgehead atoms. The highest BCUT2D eigenvalue weighted by molar-refractivity contribution is 7.74. The molecule has 0 saturated carbocycles. The first-order valence-corrected chi connectivity index (χ1v) is 13.1. The fourth-order valence-corrected chi connectivity index (χ4v) is 7.20. The molecule has 0 aliphatic heterocycles. The first-order valence-electron chi connectivity index (χ1n) is 11.5.